The third-order valence-electron chi connectivity index (χ3n) is 7.03. The lowest BCUT2D eigenvalue weighted by Gasteiger charge is -2.40. The first-order valence-electron chi connectivity index (χ1n) is 12.1. The molecule has 176 valence electrons. The van der Waals surface area contributed by atoms with Gasteiger partial charge in [0, 0.05) is 41.9 Å². The first kappa shape index (κ1) is 24.0. The van der Waals surface area contributed by atoms with Gasteiger partial charge in [0.1, 0.15) is 0 Å². The van der Waals surface area contributed by atoms with E-state index in [1.54, 1.807) is 0 Å². The predicted molar refractivity (Wildman–Crippen MR) is 137 cm³/mol. The highest BCUT2D eigenvalue weighted by Gasteiger charge is 2.37. The summed E-state index contributed by atoms with van der Waals surface area (Å²) in [5, 5.41) is 3.18. The Kier molecular flexibility index (Phi) is 7.86. The van der Waals surface area contributed by atoms with E-state index in [1.807, 2.05) is 41.3 Å². The molecule has 0 aromatic heterocycles. The van der Waals surface area contributed by atoms with Crippen LogP contribution in [-0.2, 0) is 4.79 Å². The Labute approximate surface area is 205 Å². The van der Waals surface area contributed by atoms with Crippen LogP contribution in [0.2, 0.25) is 0 Å². The standard InChI is InChI=1S/C27H34BrN3O2/c1-19(2)20-10-12-24(13-11-20)29-26(32)25(21-6-3-4-7-21)30-14-16-31(17-15-30)27(33)22-8-5-9-23(28)18-22/h5,8-13,18-19,21,25H,3-4,6-7,14-17H2,1-2H3,(H,29,32)/t25-/m0/s1. The molecule has 2 amide bonds. The molecule has 2 fully saturated rings. The van der Waals surface area contributed by atoms with Gasteiger partial charge in [-0.1, -0.05) is 60.8 Å². The van der Waals surface area contributed by atoms with Crippen molar-refractivity contribution in [2.45, 2.75) is 51.5 Å². The fraction of sp³-hybridized carbons (Fsp3) is 0.481. The van der Waals surface area contributed by atoms with Crippen LogP contribution in [0.5, 0.6) is 0 Å². The van der Waals surface area contributed by atoms with E-state index in [4.69, 9.17) is 0 Å². The molecule has 0 unspecified atom stereocenters. The second-order valence-corrected chi connectivity index (χ2v) is 10.5. The maximum atomic E-state index is 13.5. The van der Waals surface area contributed by atoms with Crippen LogP contribution >= 0.6 is 15.9 Å². The number of rotatable bonds is 6. The van der Waals surface area contributed by atoms with Crippen LogP contribution in [0, 0.1) is 5.92 Å². The highest BCUT2D eigenvalue weighted by atomic mass is 79.9. The number of hydrogen-bond donors (Lipinski definition) is 1. The number of nitrogens with zero attached hydrogens (tertiary/aromatic N) is 2. The number of carbonyl (C=O) groups excluding carboxylic acids is 2. The highest BCUT2D eigenvalue weighted by molar-refractivity contribution is 9.10. The summed E-state index contributed by atoms with van der Waals surface area (Å²) in [6, 6.07) is 15.6. The van der Waals surface area contributed by atoms with Crippen LogP contribution in [0.3, 0.4) is 0 Å². The van der Waals surface area contributed by atoms with Gasteiger partial charge in [0.25, 0.3) is 5.91 Å². The molecule has 1 atom stereocenters. The molecule has 0 radical (unpaired) electrons. The summed E-state index contributed by atoms with van der Waals surface area (Å²) >= 11 is 3.45. The molecule has 4 rings (SSSR count). The van der Waals surface area contributed by atoms with Gasteiger partial charge in [-0.05, 0) is 60.6 Å². The number of anilines is 1. The van der Waals surface area contributed by atoms with E-state index in [1.165, 1.54) is 18.4 Å². The maximum absolute atomic E-state index is 13.5. The molecule has 1 N–H and O–H groups in total. The van der Waals surface area contributed by atoms with Gasteiger partial charge in [-0.2, -0.15) is 0 Å². The minimum Gasteiger partial charge on any atom is -0.336 e. The summed E-state index contributed by atoms with van der Waals surface area (Å²) in [6.45, 7) is 7.08. The second kappa shape index (κ2) is 10.8. The summed E-state index contributed by atoms with van der Waals surface area (Å²) in [7, 11) is 0. The van der Waals surface area contributed by atoms with Gasteiger partial charge in [-0.3, -0.25) is 14.5 Å². The minimum absolute atomic E-state index is 0.0584. The Morgan fingerprint density at radius 2 is 1.64 bits per heavy atom. The van der Waals surface area contributed by atoms with Gasteiger partial charge in [0.05, 0.1) is 6.04 Å². The van der Waals surface area contributed by atoms with Crippen molar-refractivity contribution in [3.8, 4) is 0 Å². The second-order valence-electron chi connectivity index (χ2n) is 9.59. The molecular weight excluding hydrogens is 478 g/mol. The molecule has 0 spiro atoms. The van der Waals surface area contributed by atoms with E-state index in [0.29, 0.717) is 30.5 Å². The molecule has 5 nitrogen and oxygen atoms in total. The van der Waals surface area contributed by atoms with Gasteiger partial charge in [-0.25, -0.2) is 0 Å². The average Bonchev–Trinajstić information content (AvgIpc) is 3.34. The molecule has 1 aliphatic heterocycles. The topological polar surface area (TPSA) is 52.7 Å². The number of carbonyl (C=O) groups is 2. The molecular formula is C27H34BrN3O2. The quantitative estimate of drug-likeness (QED) is 0.554. The first-order chi connectivity index (χ1) is 15.9. The van der Waals surface area contributed by atoms with Crippen LogP contribution in [-0.4, -0.2) is 53.8 Å². The Morgan fingerprint density at radius 3 is 2.24 bits per heavy atom. The molecule has 2 aliphatic rings. The molecule has 1 saturated carbocycles. The van der Waals surface area contributed by atoms with E-state index in [9.17, 15) is 9.59 Å². The fourth-order valence-electron chi connectivity index (χ4n) is 5.13. The molecule has 0 bridgehead atoms. The SMILES string of the molecule is CC(C)c1ccc(NC(=O)[C@H](C2CCCC2)N2CCN(C(=O)c3cccc(Br)c3)CC2)cc1. The van der Waals surface area contributed by atoms with Crippen molar-refractivity contribution in [2.75, 3.05) is 31.5 Å². The van der Waals surface area contributed by atoms with Gasteiger partial charge >= 0.3 is 0 Å². The molecule has 1 saturated heterocycles. The number of amides is 2. The summed E-state index contributed by atoms with van der Waals surface area (Å²) in [6.07, 6.45) is 4.58. The van der Waals surface area contributed by atoms with Crippen LogP contribution in [0.15, 0.2) is 53.0 Å². The van der Waals surface area contributed by atoms with Gasteiger partial charge in [-0.15, -0.1) is 0 Å². The smallest absolute Gasteiger partial charge is 0.253 e. The number of benzene rings is 2. The van der Waals surface area contributed by atoms with E-state index in [2.05, 4.69) is 52.1 Å². The van der Waals surface area contributed by atoms with Crippen molar-refractivity contribution >= 4 is 33.4 Å². The highest BCUT2D eigenvalue weighted by Crippen LogP contribution is 2.32. The van der Waals surface area contributed by atoms with Crippen molar-refractivity contribution in [2.24, 2.45) is 5.92 Å². The fourth-order valence-corrected chi connectivity index (χ4v) is 5.53. The Bertz CT molecular complexity index is 962. The number of nitrogens with one attached hydrogen (secondary N) is 1. The van der Waals surface area contributed by atoms with Crippen molar-refractivity contribution in [1.82, 2.24) is 9.80 Å². The summed E-state index contributed by atoms with van der Waals surface area (Å²) in [4.78, 5) is 30.6. The summed E-state index contributed by atoms with van der Waals surface area (Å²) in [5.74, 6) is 0.998. The molecule has 1 aliphatic carbocycles. The average molecular weight is 512 g/mol. The lowest BCUT2D eigenvalue weighted by atomic mass is 9.94. The Balaban J connectivity index is 1.42. The lowest BCUT2D eigenvalue weighted by Crippen LogP contribution is -2.56. The summed E-state index contributed by atoms with van der Waals surface area (Å²) < 4.78 is 0.909. The minimum atomic E-state index is -0.139. The Morgan fingerprint density at radius 1 is 0.970 bits per heavy atom. The van der Waals surface area contributed by atoms with Crippen LogP contribution < -0.4 is 5.32 Å². The molecule has 33 heavy (non-hydrogen) atoms. The van der Waals surface area contributed by atoms with Crippen LogP contribution in [0.25, 0.3) is 0 Å². The largest absolute Gasteiger partial charge is 0.336 e. The molecule has 2 aromatic carbocycles. The van der Waals surface area contributed by atoms with Crippen molar-refractivity contribution in [3.05, 3.63) is 64.1 Å². The van der Waals surface area contributed by atoms with E-state index >= 15 is 0 Å². The zero-order chi connectivity index (χ0) is 23.4. The predicted octanol–water partition coefficient (Wildman–Crippen LogP) is 5.53. The number of halogens is 1. The zero-order valence-corrected chi connectivity index (χ0v) is 21.2. The Hall–Kier alpha value is -2.18. The van der Waals surface area contributed by atoms with E-state index < -0.39 is 0 Å². The van der Waals surface area contributed by atoms with Crippen LogP contribution in [0.4, 0.5) is 5.69 Å². The first-order valence-corrected chi connectivity index (χ1v) is 12.9. The summed E-state index contributed by atoms with van der Waals surface area (Å²) in [5.41, 5.74) is 2.83. The van der Waals surface area contributed by atoms with Crippen molar-refractivity contribution in [1.29, 1.82) is 0 Å². The lowest BCUT2D eigenvalue weighted by molar-refractivity contribution is -0.123. The maximum Gasteiger partial charge on any atom is 0.253 e. The molecule has 2 aromatic rings. The monoisotopic (exact) mass is 511 g/mol. The molecule has 1 heterocycles. The van der Waals surface area contributed by atoms with Gasteiger partial charge in [0.2, 0.25) is 5.91 Å². The van der Waals surface area contributed by atoms with Crippen LogP contribution in [0.1, 0.15) is 61.4 Å². The van der Waals surface area contributed by atoms with Gasteiger partial charge < -0.3 is 10.2 Å². The zero-order valence-electron chi connectivity index (χ0n) is 19.6. The van der Waals surface area contributed by atoms with Crippen molar-refractivity contribution in [3.63, 3.8) is 0 Å². The number of hydrogen-bond acceptors (Lipinski definition) is 3. The number of piperazine rings is 1. The third-order valence-corrected chi connectivity index (χ3v) is 7.52. The van der Waals surface area contributed by atoms with Gasteiger partial charge in [0.15, 0.2) is 0 Å². The third kappa shape index (κ3) is 5.85. The normalized spacial score (nSPS) is 18.5. The van der Waals surface area contributed by atoms with E-state index in [-0.39, 0.29) is 17.9 Å². The van der Waals surface area contributed by atoms with E-state index in [0.717, 1.165) is 36.1 Å². The molecule has 6 heteroatoms. The van der Waals surface area contributed by atoms with Crippen molar-refractivity contribution < 1.29 is 9.59 Å².